The van der Waals surface area contributed by atoms with Crippen LogP contribution in [0.15, 0.2) is 138 Å². The Morgan fingerprint density at radius 2 is 1.10 bits per heavy atom. The molecule has 186 valence electrons. The highest BCUT2D eigenvalue weighted by atomic mass is 16.5. The van der Waals surface area contributed by atoms with Crippen LogP contribution in [0.25, 0.3) is 76.9 Å². The van der Waals surface area contributed by atoms with Crippen LogP contribution in [-0.2, 0) is 0 Å². The van der Waals surface area contributed by atoms with Crippen LogP contribution in [-0.4, -0.2) is 0 Å². The maximum absolute atomic E-state index is 6.41. The van der Waals surface area contributed by atoms with E-state index in [1.54, 1.807) is 0 Å². The third kappa shape index (κ3) is 2.99. The standard InChI is InChI=1S/C38H22O2/c1-2-11-27-26(10-1)25(19-20-28(27)31-14-7-15-32-29-12-3-4-16-34(29)40-38(31)32)24-18-21-35-33(22-24)30-13-5-8-23-9-6-17-36(39-35)37(23)30/h1-22H. The Kier molecular flexibility index (Phi) is 4.36. The van der Waals surface area contributed by atoms with Crippen LogP contribution in [0.4, 0.5) is 0 Å². The lowest BCUT2D eigenvalue weighted by molar-refractivity contribution is 0.487. The van der Waals surface area contributed by atoms with Gasteiger partial charge >= 0.3 is 0 Å². The van der Waals surface area contributed by atoms with E-state index in [9.17, 15) is 0 Å². The van der Waals surface area contributed by atoms with Crippen molar-refractivity contribution in [2.24, 2.45) is 0 Å². The SMILES string of the molecule is c1cc2c3c(cccc3c1)-c1cc(-c3ccc(-c4cccc5c4oc4ccccc45)c4ccccc34)ccc1O2. The lowest BCUT2D eigenvalue weighted by Gasteiger charge is -2.22. The smallest absolute Gasteiger partial charge is 0.143 e. The van der Waals surface area contributed by atoms with Gasteiger partial charge in [0, 0.05) is 27.3 Å². The first kappa shape index (κ1) is 21.6. The van der Waals surface area contributed by atoms with Crippen LogP contribution in [0.1, 0.15) is 0 Å². The summed E-state index contributed by atoms with van der Waals surface area (Å²) in [5.74, 6) is 1.82. The highest BCUT2D eigenvalue weighted by Gasteiger charge is 2.21. The van der Waals surface area contributed by atoms with Crippen LogP contribution in [0.5, 0.6) is 11.5 Å². The molecule has 1 aliphatic rings. The van der Waals surface area contributed by atoms with Crippen molar-refractivity contribution in [2.45, 2.75) is 0 Å². The zero-order valence-corrected chi connectivity index (χ0v) is 21.5. The van der Waals surface area contributed by atoms with Gasteiger partial charge in [0.2, 0.25) is 0 Å². The van der Waals surface area contributed by atoms with Crippen LogP contribution >= 0.6 is 0 Å². The largest absolute Gasteiger partial charge is 0.456 e. The molecule has 0 amide bonds. The molecular formula is C38H22O2. The summed E-state index contributed by atoms with van der Waals surface area (Å²) in [6.45, 7) is 0. The predicted octanol–water partition coefficient (Wildman–Crippen LogP) is 11.0. The summed E-state index contributed by atoms with van der Waals surface area (Å²) in [6.07, 6.45) is 0. The quantitative estimate of drug-likeness (QED) is 0.231. The maximum atomic E-state index is 6.41. The summed E-state index contributed by atoms with van der Waals surface area (Å²) in [7, 11) is 0. The lowest BCUT2D eigenvalue weighted by Crippen LogP contribution is -1.97. The number of rotatable bonds is 2. The minimum absolute atomic E-state index is 0.896. The lowest BCUT2D eigenvalue weighted by atomic mass is 9.89. The second-order valence-electron chi connectivity index (χ2n) is 10.5. The van der Waals surface area contributed by atoms with E-state index in [4.69, 9.17) is 9.15 Å². The number of hydrogen-bond donors (Lipinski definition) is 0. The summed E-state index contributed by atoms with van der Waals surface area (Å²) in [5.41, 5.74) is 8.84. The Hall–Kier alpha value is -5.34. The molecule has 0 saturated heterocycles. The fourth-order valence-corrected chi connectivity index (χ4v) is 6.48. The van der Waals surface area contributed by atoms with Gasteiger partial charge in [0.15, 0.2) is 0 Å². The second kappa shape index (κ2) is 8.08. The number of benzene rings is 7. The van der Waals surface area contributed by atoms with Gasteiger partial charge in [-0.2, -0.15) is 0 Å². The van der Waals surface area contributed by atoms with Gasteiger partial charge in [-0.3, -0.25) is 0 Å². The molecule has 8 aromatic rings. The van der Waals surface area contributed by atoms with Crippen LogP contribution in [0.2, 0.25) is 0 Å². The van der Waals surface area contributed by atoms with Crippen molar-refractivity contribution >= 4 is 43.5 Å². The molecule has 2 heteroatoms. The van der Waals surface area contributed by atoms with Gasteiger partial charge in [0.05, 0.1) is 0 Å². The molecule has 0 spiro atoms. The summed E-state index contributed by atoms with van der Waals surface area (Å²) in [4.78, 5) is 0. The van der Waals surface area contributed by atoms with E-state index in [2.05, 4.69) is 121 Å². The van der Waals surface area contributed by atoms with Gasteiger partial charge in [0.1, 0.15) is 22.7 Å². The summed E-state index contributed by atoms with van der Waals surface area (Å²) in [5, 5.41) is 7.07. The average molecular weight is 511 g/mol. The monoisotopic (exact) mass is 510 g/mol. The van der Waals surface area contributed by atoms with Gasteiger partial charge in [-0.25, -0.2) is 0 Å². The number of hydrogen-bond acceptors (Lipinski definition) is 2. The molecule has 0 aliphatic carbocycles. The minimum atomic E-state index is 0.896. The van der Waals surface area contributed by atoms with Gasteiger partial charge in [-0.05, 0) is 62.7 Å². The molecule has 0 saturated carbocycles. The Labute approximate surface area is 230 Å². The van der Waals surface area contributed by atoms with Gasteiger partial charge in [-0.1, -0.05) is 109 Å². The number of fused-ring (bicyclic) bond motifs is 6. The van der Waals surface area contributed by atoms with Crippen LogP contribution in [0.3, 0.4) is 0 Å². The van der Waals surface area contributed by atoms with Crippen molar-refractivity contribution in [1.82, 2.24) is 0 Å². The molecule has 9 rings (SSSR count). The first-order valence-electron chi connectivity index (χ1n) is 13.6. The zero-order valence-electron chi connectivity index (χ0n) is 21.5. The number of furan rings is 1. The fraction of sp³-hybridized carbons (Fsp3) is 0. The van der Waals surface area contributed by atoms with Crippen LogP contribution in [0, 0.1) is 0 Å². The topological polar surface area (TPSA) is 22.4 Å². The van der Waals surface area contributed by atoms with Crippen molar-refractivity contribution in [3.05, 3.63) is 133 Å². The molecule has 2 heterocycles. The normalized spacial score (nSPS) is 12.2. The third-order valence-electron chi connectivity index (χ3n) is 8.29. The molecule has 1 aromatic heterocycles. The summed E-state index contributed by atoms with van der Waals surface area (Å²) in [6, 6.07) is 47.2. The van der Waals surface area contributed by atoms with Crippen molar-refractivity contribution in [2.75, 3.05) is 0 Å². The van der Waals surface area contributed by atoms with E-state index >= 15 is 0 Å². The maximum Gasteiger partial charge on any atom is 0.143 e. The third-order valence-corrected chi connectivity index (χ3v) is 8.29. The highest BCUT2D eigenvalue weighted by molar-refractivity contribution is 6.14. The molecule has 2 nitrogen and oxygen atoms in total. The molecule has 0 radical (unpaired) electrons. The first-order chi connectivity index (χ1) is 19.8. The van der Waals surface area contributed by atoms with Gasteiger partial charge in [-0.15, -0.1) is 0 Å². The fourth-order valence-electron chi connectivity index (χ4n) is 6.48. The molecule has 0 bridgehead atoms. The predicted molar refractivity (Wildman–Crippen MR) is 165 cm³/mol. The molecule has 40 heavy (non-hydrogen) atoms. The minimum Gasteiger partial charge on any atom is -0.456 e. The molecule has 0 unspecified atom stereocenters. The molecule has 0 atom stereocenters. The Balaban J connectivity index is 1.26. The van der Waals surface area contributed by atoms with E-state index in [1.165, 1.54) is 43.8 Å². The summed E-state index contributed by atoms with van der Waals surface area (Å²) < 4.78 is 12.8. The van der Waals surface area contributed by atoms with Gasteiger partial charge in [0.25, 0.3) is 0 Å². The molecule has 0 N–H and O–H groups in total. The van der Waals surface area contributed by atoms with Crippen molar-refractivity contribution in [3.8, 4) is 44.9 Å². The Morgan fingerprint density at radius 3 is 2.00 bits per heavy atom. The highest BCUT2D eigenvalue weighted by Crippen LogP contribution is 2.48. The molecule has 0 fully saturated rings. The Bertz CT molecular complexity index is 2300. The van der Waals surface area contributed by atoms with Crippen molar-refractivity contribution in [1.29, 1.82) is 0 Å². The molecular weight excluding hydrogens is 488 g/mol. The molecule has 7 aromatic carbocycles. The van der Waals surface area contributed by atoms with Crippen LogP contribution < -0.4 is 4.74 Å². The van der Waals surface area contributed by atoms with E-state index < -0.39 is 0 Å². The first-order valence-corrected chi connectivity index (χ1v) is 13.6. The Morgan fingerprint density at radius 1 is 0.400 bits per heavy atom. The second-order valence-corrected chi connectivity index (χ2v) is 10.5. The van der Waals surface area contributed by atoms with Gasteiger partial charge < -0.3 is 9.15 Å². The van der Waals surface area contributed by atoms with Crippen molar-refractivity contribution in [3.63, 3.8) is 0 Å². The summed E-state index contributed by atoms with van der Waals surface area (Å²) >= 11 is 0. The van der Waals surface area contributed by atoms with E-state index in [-0.39, 0.29) is 0 Å². The van der Waals surface area contributed by atoms with E-state index in [0.717, 1.165) is 44.6 Å². The average Bonchev–Trinajstić information content (AvgIpc) is 3.40. The number of ether oxygens (including phenoxy) is 1. The van der Waals surface area contributed by atoms with E-state index in [0.29, 0.717) is 0 Å². The van der Waals surface area contributed by atoms with E-state index in [1.807, 2.05) is 12.1 Å². The molecule has 1 aliphatic heterocycles. The zero-order chi connectivity index (χ0) is 26.2. The van der Waals surface area contributed by atoms with Crippen molar-refractivity contribution < 1.29 is 9.15 Å². The number of para-hydroxylation sites is 2.